The van der Waals surface area contributed by atoms with E-state index in [9.17, 15) is 9.90 Å². The van der Waals surface area contributed by atoms with E-state index in [1.165, 1.54) is 7.11 Å². The molecule has 1 atom stereocenters. The number of carbonyl (C=O) groups excluding carboxylic acids is 1. The third kappa shape index (κ3) is 2.05. The molecule has 4 nitrogen and oxygen atoms in total. The first-order valence-electron chi connectivity index (χ1n) is 3.88. The van der Waals surface area contributed by atoms with Crippen molar-refractivity contribution >= 4 is 21.9 Å². The molecule has 0 aliphatic carbocycles. The second kappa shape index (κ2) is 4.43. The number of ether oxygens (including phenoxy) is 1. The Balaban J connectivity index is 3.07. The SMILES string of the molecule is COC(=O)[C@@H](N)c1cccc(Br)c1O. The van der Waals surface area contributed by atoms with E-state index in [0.717, 1.165) is 0 Å². The summed E-state index contributed by atoms with van der Waals surface area (Å²) in [5, 5.41) is 9.58. The number of esters is 1. The van der Waals surface area contributed by atoms with Crippen molar-refractivity contribution in [1.29, 1.82) is 0 Å². The Labute approximate surface area is 89.8 Å². The van der Waals surface area contributed by atoms with Gasteiger partial charge in [0.2, 0.25) is 0 Å². The molecule has 0 amide bonds. The van der Waals surface area contributed by atoms with Gasteiger partial charge >= 0.3 is 5.97 Å². The second-order valence-corrected chi connectivity index (χ2v) is 3.53. The summed E-state index contributed by atoms with van der Waals surface area (Å²) in [7, 11) is 1.25. The number of para-hydroxylation sites is 1. The first-order chi connectivity index (χ1) is 6.57. The van der Waals surface area contributed by atoms with E-state index in [2.05, 4.69) is 20.7 Å². The highest BCUT2D eigenvalue weighted by molar-refractivity contribution is 9.10. The van der Waals surface area contributed by atoms with Crippen LogP contribution in [0.5, 0.6) is 5.75 Å². The summed E-state index contributed by atoms with van der Waals surface area (Å²) in [6.07, 6.45) is 0. The number of phenols is 1. The van der Waals surface area contributed by atoms with Crippen molar-refractivity contribution in [2.45, 2.75) is 6.04 Å². The molecule has 1 aromatic carbocycles. The Morgan fingerprint density at radius 1 is 1.64 bits per heavy atom. The van der Waals surface area contributed by atoms with Crippen molar-refractivity contribution in [3.63, 3.8) is 0 Å². The van der Waals surface area contributed by atoms with E-state index in [1.54, 1.807) is 18.2 Å². The largest absolute Gasteiger partial charge is 0.506 e. The van der Waals surface area contributed by atoms with E-state index in [1.807, 2.05) is 0 Å². The predicted molar refractivity (Wildman–Crippen MR) is 54.8 cm³/mol. The Morgan fingerprint density at radius 3 is 2.86 bits per heavy atom. The smallest absolute Gasteiger partial charge is 0.327 e. The molecule has 3 N–H and O–H groups in total. The number of halogens is 1. The number of nitrogens with two attached hydrogens (primary N) is 1. The predicted octanol–water partition coefficient (Wildman–Crippen LogP) is 1.33. The fourth-order valence-electron chi connectivity index (χ4n) is 1.04. The van der Waals surface area contributed by atoms with Crippen LogP contribution in [0.1, 0.15) is 11.6 Å². The maximum Gasteiger partial charge on any atom is 0.327 e. The van der Waals surface area contributed by atoms with Crippen molar-refractivity contribution in [3.05, 3.63) is 28.2 Å². The molecular weight excluding hydrogens is 250 g/mol. The van der Waals surface area contributed by atoms with Crippen LogP contribution < -0.4 is 5.73 Å². The van der Waals surface area contributed by atoms with Gasteiger partial charge < -0.3 is 15.6 Å². The van der Waals surface area contributed by atoms with Gasteiger partial charge in [-0.25, -0.2) is 0 Å². The van der Waals surface area contributed by atoms with Crippen molar-refractivity contribution in [1.82, 2.24) is 0 Å². The minimum absolute atomic E-state index is 0.0367. The van der Waals surface area contributed by atoms with Crippen LogP contribution in [-0.2, 0) is 9.53 Å². The van der Waals surface area contributed by atoms with Gasteiger partial charge in [0.05, 0.1) is 11.6 Å². The standard InChI is InChI=1S/C9H10BrNO3/c1-14-9(13)7(11)5-3-2-4-6(10)8(5)12/h2-4,7,12H,11H2,1H3/t7-/m0/s1. The van der Waals surface area contributed by atoms with Gasteiger partial charge in [-0.2, -0.15) is 0 Å². The molecule has 0 unspecified atom stereocenters. The normalized spacial score (nSPS) is 12.2. The molecule has 0 saturated heterocycles. The van der Waals surface area contributed by atoms with Gasteiger partial charge in [-0.3, -0.25) is 4.79 Å². The van der Waals surface area contributed by atoms with Gasteiger partial charge in [0.1, 0.15) is 11.8 Å². The molecule has 0 radical (unpaired) electrons. The highest BCUT2D eigenvalue weighted by Crippen LogP contribution is 2.31. The van der Waals surface area contributed by atoms with Crippen molar-refractivity contribution in [3.8, 4) is 5.75 Å². The van der Waals surface area contributed by atoms with Crippen LogP contribution in [0, 0.1) is 0 Å². The van der Waals surface area contributed by atoms with Crippen LogP contribution in [0.25, 0.3) is 0 Å². The monoisotopic (exact) mass is 259 g/mol. The van der Waals surface area contributed by atoms with Crippen molar-refractivity contribution in [2.75, 3.05) is 7.11 Å². The number of phenolic OH excluding ortho intramolecular Hbond substituents is 1. The second-order valence-electron chi connectivity index (χ2n) is 2.68. The molecule has 14 heavy (non-hydrogen) atoms. The van der Waals surface area contributed by atoms with Gasteiger partial charge in [0.15, 0.2) is 0 Å². The fraction of sp³-hybridized carbons (Fsp3) is 0.222. The quantitative estimate of drug-likeness (QED) is 0.787. The lowest BCUT2D eigenvalue weighted by atomic mass is 10.1. The molecule has 0 spiro atoms. The summed E-state index contributed by atoms with van der Waals surface area (Å²) >= 11 is 3.13. The summed E-state index contributed by atoms with van der Waals surface area (Å²) in [6.45, 7) is 0. The van der Waals surface area contributed by atoms with E-state index < -0.39 is 12.0 Å². The van der Waals surface area contributed by atoms with Crippen molar-refractivity contribution < 1.29 is 14.6 Å². The number of carbonyl (C=O) groups is 1. The number of aromatic hydroxyl groups is 1. The minimum atomic E-state index is -0.961. The van der Waals surface area contributed by atoms with Crippen LogP contribution in [0.4, 0.5) is 0 Å². The first-order valence-corrected chi connectivity index (χ1v) is 4.68. The maximum atomic E-state index is 11.1. The summed E-state index contributed by atoms with van der Waals surface area (Å²) in [4.78, 5) is 11.1. The fourth-order valence-corrected chi connectivity index (χ4v) is 1.42. The molecule has 0 aromatic heterocycles. The van der Waals surface area contributed by atoms with Crippen LogP contribution in [-0.4, -0.2) is 18.2 Å². The van der Waals surface area contributed by atoms with E-state index >= 15 is 0 Å². The summed E-state index contributed by atoms with van der Waals surface area (Å²) < 4.78 is 4.97. The van der Waals surface area contributed by atoms with Crippen LogP contribution in [0.3, 0.4) is 0 Å². The molecule has 0 aliphatic rings. The zero-order valence-corrected chi connectivity index (χ0v) is 9.11. The zero-order chi connectivity index (χ0) is 10.7. The van der Waals surface area contributed by atoms with Gasteiger partial charge in [0, 0.05) is 5.56 Å². The number of methoxy groups -OCH3 is 1. The van der Waals surface area contributed by atoms with Gasteiger partial charge in [-0.15, -0.1) is 0 Å². The Bertz CT molecular complexity index is 354. The average Bonchev–Trinajstić information content (AvgIpc) is 2.20. The average molecular weight is 260 g/mol. The number of rotatable bonds is 2. The van der Waals surface area contributed by atoms with Crippen molar-refractivity contribution in [2.24, 2.45) is 5.73 Å². The lowest BCUT2D eigenvalue weighted by molar-refractivity contribution is -0.142. The van der Waals surface area contributed by atoms with Crippen LogP contribution in [0.2, 0.25) is 0 Å². The Kier molecular flexibility index (Phi) is 3.49. The molecular formula is C9H10BrNO3. The molecule has 0 bridgehead atoms. The third-order valence-electron chi connectivity index (χ3n) is 1.81. The topological polar surface area (TPSA) is 72.5 Å². The van der Waals surface area contributed by atoms with Gasteiger partial charge in [-0.1, -0.05) is 12.1 Å². The summed E-state index contributed by atoms with van der Waals surface area (Å²) in [6, 6.07) is 3.95. The lowest BCUT2D eigenvalue weighted by Gasteiger charge is -2.11. The maximum absolute atomic E-state index is 11.1. The Morgan fingerprint density at radius 2 is 2.29 bits per heavy atom. The highest BCUT2D eigenvalue weighted by Gasteiger charge is 2.20. The number of hydrogen-bond acceptors (Lipinski definition) is 4. The van der Waals surface area contributed by atoms with Gasteiger partial charge in [-0.05, 0) is 22.0 Å². The lowest BCUT2D eigenvalue weighted by Crippen LogP contribution is -2.22. The number of benzene rings is 1. The van der Waals surface area contributed by atoms with Crippen LogP contribution in [0.15, 0.2) is 22.7 Å². The molecule has 0 fully saturated rings. The molecule has 5 heteroatoms. The molecule has 1 rings (SSSR count). The molecule has 0 heterocycles. The number of hydrogen-bond donors (Lipinski definition) is 2. The highest BCUT2D eigenvalue weighted by atomic mass is 79.9. The minimum Gasteiger partial charge on any atom is -0.506 e. The molecule has 1 aromatic rings. The van der Waals surface area contributed by atoms with E-state index in [0.29, 0.717) is 10.0 Å². The Hall–Kier alpha value is -1.07. The summed E-state index contributed by atoms with van der Waals surface area (Å²) in [5.74, 6) is -0.621. The van der Waals surface area contributed by atoms with Crippen LogP contribution >= 0.6 is 15.9 Å². The first kappa shape index (κ1) is 11.0. The summed E-state index contributed by atoms with van der Waals surface area (Å²) in [5.41, 5.74) is 5.90. The van der Waals surface area contributed by atoms with E-state index in [4.69, 9.17) is 5.73 Å². The molecule has 76 valence electrons. The van der Waals surface area contributed by atoms with Gasteiger partial charge in [0.25, 0.3) is 0 Å². The third-order valence-corrected chi connectivity index (χ3v) is 2.45. The zero-order valence-electron chi connectivity index (χ0n) is 7.53. The molecule has 0 aliphatic heterocycles. The van der Waals surface area contributed by atoms with E-state index in [-0.39, 0.29) is 5.75 Å². The molecule has 0 saturated carbocycles.